The molecule has 190 valence electrons. The molecule has 1 fully saturated rings. The Morgan fingerprint density at radius 2 is 2.08 bits per heavy atom. The third kappa shape index (κ3) is 4.26. The summed E-state index contributed by atoms with van der Waals surface area (Å²) in [5.74, 6) is 2.65. The number of hydrogen-bond donors (Lipinski definition) is 1. The average Bonchev–Trinajstić information content (AvgIpc) is 3.44. The van der Waals surface area contributed by atoms with Gasteiger partial charge in [0.2, 0.25) is 0 Å². The van der Waals surface area contributed by atoms with Gasteiger partial charge in [-0.1, -0.05) is 17.7 Å². The first-order valence-corrected chi connectivity index (χ1v) is 12.8. The number of thiophene rings is 1. The fourth-order valence-corrected chi connectivity index (χ4v) is 6.47. The number of nitrogens with zero attached hydrogens (tertiary/aromatic N) is 4. The molecule has 0 saturated carbocycles. The highest BCUT2D eigenvalue weighted by atomic mass is 35.5. The van der Waals surface area contributed by atoms with Crippen molar-refractivity contribution >= 4 is 55.9 Å². The second-order valence-corrected chi connectivity index (χ2v) is 10.4. The summed E-state index contributed by atoms with van der Waals surface area (Å²) in [5.41, 5.74) is 1.30. The molecule has 1 aromatic carbocycles. The number of aromatic amines is 1. The molecule has 0 amide bonds. The van der Waals surface area contributed by atoms with Crippen molar-refractivity contribution in [3.05, 3.63) is 56.0 Å². The van der Waals surface area contributed by atoms with Crippen molar-refractivity contribution in [2.75, 3.05) is 33.4 Å². The van der Waals surface area contributed by atoms with Gasteiger partial charge in [0.25, 0.3) is 5.56 Å². The number of methoxy groups -OCH3 is 1. The van der Waals surface area contributed by atoms with Crippen LogP contribution in [0.1, 0.15) is 24.3 Å². The summed E-state index contributed by atoms with van der Waals surface area (Å²) in [6.45, 7) is 3.91. The standard InChI is InChI=1S/C24H24ClN5O4S.ClH/c1-33-15-5-4-6-16-18(15)14-11-29(10-13(14)12-34-16)7-2-3-8-30-23(31)21-19(28-24(30)32)20-22(35-21)26-9-17(25)27-20;/h4-6,9,13-14H,2-3,7-8,10-12H2,1H3,(H,28,32);1H/t13-,14+;/m0./s1. The molecular weight excluding hydrogens is 525 g/mol. The number of aromatic nitrogens is 4. The van der Waals surface area contributed by atoms with E-state index in [1.54, 1.807) is 7.11 Å². The van der Waals surface area contributed by atoms with E-state index in [2.05, 4.69) is 19.9 Å². The third-order valence-electron chi connectivity index (χ3n) is 6.98. The molecule has 0 aliphatic carbocycles. The smallest absolute Gasteiger partial charge is 0.328 e. The first-order valence-electron chi connectivity index (χ1n) is 11.6. The van der Waals surface area contributed by atoms with Crippen LogP contribution in [0.3, 0.4) is 0 Å². The maximum Gasteiger partial charge on any atom is 0.328 e. The molecule has 1 saturated heterocycles. The maximum absolute atomic E-state index is 13.0. The van der Waals surface area contributed by atoms with Crippen LogP contribution in [0.25, 0.3) is 20.6 Å². The Morgan fingerprint density at radius 1 is 1.25 bits per heavy atom. The van der Waals surface area contributed by atoms with E-state index >= 15 is 0 Å². The molecule has 0 bridgehead atoms. The highest BCUT2D eigenvalue weighted by Gasteiger charge is 2.40. The summed E-state index contributed by atoms with van der Waals surface area (Å²) in [7, 11) is 1.70. The molecule has 0 spiro atoms. The number of fused-ring (bicyclic) bond motifs is 6. The molecule has 5 heterocycles. The van der Waals surface area contributed by atoms with E-state index in [4.69, 9.17) is 21.1 Å². The van der Waals surface area contributed by atoms with Gasteiger partial charge in [0.05, 0.1) is 25.4 Å². The molecule has 0 unspecified atom stereocenters. The van der Waals surface area contributed by atoms with Crippen LogP contribution in [0.4, 0.5) is 0 Å². The molecule has 2 atom stereocenters. The zero-order valence-corrected chi connectivity index (χ0v) is 21.9. The lowest BCUT2D eigenvalue weighted by atomic mass is 9.86. The SMILES string of the molecule is COc1cccc2c1[C@@H]1CN(CCCCn3c(=O)[nH]c4c(sc5ncc(Cl)nc54)c3=O)C[C@H]1CO2.Cl. The van der Waals surface area contributed by atoms with Crippen LogP contribution in [0.5, 0.6) is 11.5 Å². The Bertz CT molecular complexity index is 1540. The Hall–Kier alpha value is -2.66. The topological polar surface area (TPSA) is 102 Å². The Morgan fingerprint density at radius 3 is 2.92 bits per heavy atom. The first-order chi connectivity index (χ1) is 17.0. The van der Waals surface area contributed by atoms with Crippen LogP contribution in [-0.4, -0.2) is 57.8 Å². The summed E-state index contributed by atoms with van der Waals surface area (Å²) in [6.07, 6.45) is 3.04. The lowest BCUT2D eigenvalue weighted by molar-refractivity contribution is 0.209. The monoisotopic (exact) mass is 549 g/mol. The lowest BCUT2D eigenvalue weighted by Gasteiger charge is -2.29. The van der Waals surface area contributed by atoms with Crippen molar-refractivity contribution in [1.82, 2.24) is 24.4 Å². The summed E-state index contributed by atoms with van der Waals surface area (Å²) < 4.78 is 13.3. The molecule has 6 rings (SSSR count). The van der Waals surface area contributed by atoms with Gasteiger partial charge in [0.1, 0.15) is 31.7 Å². The number of likely N-dealkylation sites (tertiary alicyclic amines) is 1. The number of hydrogen-bond acceptors (Lipinski definition) is 8. The van der Waals surface area contributed by atoms with Gasteiger partial charge in [-0.2, -0.15) is 0 Å². The van der Waals surface area contributed by atoms with E-state index in [-0.39, 0.29) is 23.1 Å². The predicted molar refractivity (Wildman–Crippen MR) is 142 cm³/mol. The van der Waals surface area contributed by atoms with Crippen LogP contribution in [-0.2, 0) is 6.54 Å². The first kappa shape index (κ1) is 25.0. The number of unbranched alkanes of at least 4 members (excludes halogenated alkanes) is 1. The number of ether oxygens (including phenoxy) is 2. The van der Waals surface area contributed by atoms with Crippen molar-refractivity contribution in [2.24, 2.45) is 5.92 Å². The van der Waals surface area contributed by atoms with Crippen LogP contribution in [0, 0.1) is 5.92 Å². The number of H-pyrrole nitrogens is 1. The van der Waals surface area contributed by atoms with Gasteiger partial charge in [0.15, 0.2) is 0 Å². The molecule has 12 heteroatoms. The molecule has 1 N–H and O–H groups in total. The summed E-state index contributed by atoms with van der Waals surface area (Å²) in [6, 6.07) is 5.98. The van der Waals surface area contributed by atoms with Gasteiger partial charge in [-0.05, 0) is 31.5 Å². The van der Waals surface area contributed by atoms with E-state index in [9.17, 15) is 9.59 Å². The second kappa shape index (κ2) is 10.0. The molecule has 2 aliphatic heterocycles. The fourth-order valence-electron chi connectivity index (χ4n) is 5.34. The highest BCUT2D eigenvalue weighted by Crippen LogP contribution is 2.46. The summed E-state index contributed by atoms with van der Waals surface area (Å²) >= 11 is 7.17. The van der Waals surface area contributed by atoms with Gasteiger partial charge in [-0.3, -0.25) is 9.36 Å². The molecule has 36 heavy (non-hydrogen) atoms. The minimum Gasteiger partial charge on any atom is -0.496 e. The fraction of sp³-hybridized carbons (Fsp3) is 0.417. The molecule has 3 aromatic heterocycles. The minimum atomic E-state index is -0.433. The molecule has 9 nitrogen and oxygen atoms in total. The van der Waals surface area contributed by atoms with E-state index in [0.29, 0.717) is 38.9 Å². The highest BCUT2D eigenvalue weighted by molar-refractivity contribution is 7.25. The zero-order chi connectivity index (χ0) is 24.1. The largest absolute Gasteiger partial charge is 0.496 e. The van der Waals surface area contributed by atoms with Gasteiger partial charge in [-0.25, -0.2) is 14.8 Å². The Kier molecular flexibility index (Phi) is 6.95. The Labute approximate surface area is 221 Å². The van der Waals surface area contributed by atoms with Crippen LogP contribution >= 0.6 is 35.3 Å². The lowest BCUT2D eigenvalue weighted by Crippen LogP contribution is -2.34. The molecule has 4 aromatic rings. The summed E-state index contributed by atoms with van der Waals surface area (Å²) in [4.78, 5) is 40.0. The number of benzene rings is 1. The van der Waals surface area contributed by atoms with Crippen molar-refractivity contribution in [3.8, 4) is 11.5 Å². The Balaban J connectivity index is 0.00000267. The van der Waals surface area contributed by atoms with Crippen molar-refractivity contribution < 1.29 is 9.47 Å². The van der Waals surface area contributed by atoms with E-state index in [1.165, 1.54) is 27.7 Å². The number of rotatable bonds is 6. The van der Waals surface area contributed by atoms with E-state index in [0.717, 1.165) is 50.6 Å². The van der Waals surface area contributed by atoms with Crippen molar-refractivity contribution in [3.63, 3.8) is 0 Å². The van der Waals surface area contributed by atoms with Gasteiger partial charge >= 0.3 is 5.69 Å². The van der Waals surface area contributed by atoms with E-state index < -0.39 is 5.69 Å². The normalized spacial score (nSPS) is 19.1. The predicted octanol–water partition coefficient (Wildman–Crippen LogP) is 3.67. The van der Waals surface area contributed by atoms with Crippen LogP contribution in [0.15, 0.2) is 34.0 Å². The zero-order valence-electron chi connectivity index (χ0n) is 19.5. The van der Waals surface area contributed by atoms with Crippen LogP contribution in [0.2, 0.25) is 5.15 Å². The quantitative estimate of drug-likeness (QED) is 0.366. The number of halogens is 2. The van der Waals surface area contributed by atoms with Crippen LogP contribution < -0.4 is 20.7 Å². The second-order valence-electron chi connectivity index (χ2n) is 9.06. The maximum atomic E-state index is 13.0. The van der Waals surface area contributed by atoms with Gasteiger partial charge in [-0.15, -0.1) is 23.7 Å². The molecular formula is C24H25Cl2N5O4S. The minimum absolute atomic E-state index is 0. The molecule has 0 radical (unpaired) electrons. The average molecular weight is 550 g/mol. The summed E-state index contributed by atoms with van der Waals surface area (Å²) in [5, 5.41) is 0.220. The van der Waals surface area contributed by atoms with Crippen molar-refractivity contribution in [2.45, 2.75) is 25.3 Å². The molecule has 2 aliphatic rings. The number of nitrogens with one attached hydrogen (secondary N) is 1. The van der Waals surface area contributed by atoms with E-state index in [1.807, 2.05) is 18.2 Å². The third-order valence-corrected chi connectivity index (χ3v) is 8.24. The van der Waals surface area contributed by atoms with Crippen molar-refractivity contribution in [1.29, 1.82) is 0 Å². The van der Waals surface area contributed by atoms with Gasteiger partial charge < -0.3 is 19.4 Å². The van der Waals surface area contributed by atoms with Gasteiger partial charge in [0, 0.05) is 37.0 Å².